The van der Waals surface area contributed by atoms with Gasteiger partial charge in [0.15, 0.2) is 11.9 Å². The zero-order chi connectivity index (χ0) is 30.8. The highest BCUT2D eigenvalue weighted by Crippen LogP contribution is 2.46. The van der Waals surface area contributed by atoms with Gasteiger partial charge in [-0.05, 0) is 69.7 Å². The largest absolute Gasteiger partial charge is 0.479 e. The molecule has 1 saturated heterocycles. The van der Waals surface area contributed by atoms with Crippen molar-refractivity contribution in [3.8, 4) is 17.0 Å². The van der Waals surface area contributed by atoms with Gasteiger partial charge in [0.25, 0.3) is 0 Å². The minimum absolute atomic E-state index is 0.102. The number of ether oxygens (including phenoxy) is 2. The number of halogens is 2. The fourth-order valence-corrected chi connectivity index (χ4v) is 5.20. The summed E-state index contributed by atoms with van der Waals surface area (Å²) in [6.45, 7) is 12.9. The van der Waals surface area contributed by atoms with E-state index in [0.717, 1.165) is 18.4 Å². The number of nitrogens with two attached hydrogens (primary N) is 1. The third-order valence-electron chi connectivity index (χ3n) is 7.43. The van der Waals surface area contributed by atoms with Crippen LogP contribution in [0.3, 0.4) is 0 Å². The molecule has 4 rings (SSSR count). The van der Waals surface area contributed by atoms with Gasteiger partial charge in [0.2, 0.25) is 5.88 Å². The molecule has 3 N–H and O–H groups in total. The van der Waals surface area contributed by atoms with Gasteiger partial charge in [-0.2, -0.15) is 0 Å². The number of aromatic nitrogens is 2. The Balaban J connectivity index is 1.76. The Hall–Kier alpha value is -3.79. The number of carboxylic acid groups (broad SMARTS) is 1. The van der Waals surface area contributed by atoms with Gasteiger partial charge in [0.1, 0.15) is 11.6 Å². The minimum atomic E-state index is -1.33. The number of carboxylic acids is 1. The summed E-state index contributed by atoms with van der Waals surface area (Å²) in [6, 6.07) is 7.40. The lowest BCUT2D eigenvalue weighted by molar-refractivity contribution is -0.160. The standard InChI is InChI=1S/C32H40F2N4O4/c1-19-24(27(30(39)40)42-31(2,3)4)26(38-13-11-32(5,6)12-14-38)25(28(35)37-19)21-17-23(34)29(36-18-21)41-15-10-20-8-7-9-22(33)16-20/h7-9,16-18,27H,10-15H2,1-6H3,(H2,35,37)(H,39,40)/t27-/m0/s1. The van der Waals surface area contributed by atoms with Crippen LogP contribution in [-0.4, -0.2) is 46.3 Å². The van der Waals surface area contributed by atoms with Crippen LogP contribution in [0, 0.1) is 24.0 Å². The van der Waals surface area contributed by atoms with Gasteiger partial charge in [-0.15, -0.1) is 0 Å². The lowest BCUT2D eigenvalue weighted by Gasteiger charge is -2.41. The van der Waals surface area contributed by atoms with Crippen molar-refractivity contribution in [2.24, 2.45) is 5.41 Å². The van der Waals surface area contributed by atoms with Gasteiger partial charge in [0, 0.05) is 48.1 Å². The molecular formula is C32H40F2N4O4. The summed E-state index contributed by atoms with van der Waals surface area (Å²) in [5, 5.41) is 10.3. The van der Waals surface area contributed by atoms with E-state index < -0.39 is 23.5 Å². The van der Waals surface area contributed by atoms with Crippen molar-refractivity contribution in [1.82, 2.24) is 9.97 Å². The van der Waals surface area contributed by atoms with Crippen molar-refractivity contribution >= 4 is 17.5 Å². The average Bonchev–Trinajstić information content (AvgIpc) is 2.88. The molecule has 1 fully saturated rings. The van der Waals surface area contributed by atoms with E-state index in [1.807, 2.05) is 0 Å². The van der Waals surface area contributed by atoms with Gasteiger partial charge in [-0.25, -0.2) is 23.5 Å². The van der Waals surface area contributed by atoms with Crippen molar-refractivity contribution in [2.75, 3.05) is 30.3 Å². The van der Waals surface area contributed by atoms with Crippen LogP contribution in [0.4, 0.5) is 20.3 Å². The van der Waals surface area contributed by atoms with E-state index in [1.54, 1.807) is 39.8 Å². The van der Waals surface area contributed by atoms with Crippen LogP contribution >= 0.6 is 0 Å². The summed E-state index contributed by atoms with van der Waals surface area (Å²) in [5.74, 6) is -2.28. The predicted octanol–water partition coefficient (Wildman–Crippen LogP) is 6.50. The van der Waals surface area contributed by atoms with Gasteiger partial charge < -0.3 is 25.2 Å². The second-order valence-electron chi connectivity index (χ2n) is 12.6. The molecule has 0 radical (unpaired) electrons. The first-order valence-corrected chi connectivity index (χ1v) is 14.1. The highest BCUT2D eigenvalue weighted by atomic mass is 19.1. The quantitative estimate of drug-likeness (QED) is 0.294. The number of nitrogen functional groups attached to an aromatic ring is 1. The number of nitrogens with zero attached hydrogens (tertiary/aromatic N) is 3. The van der Waals surface area contributed by atoms with Crippen molar-refractivity contribution in [3.05, 3.63) is 65.0 Å². The Morgan fingerprint density at radius 2 is 1.88 bits per heavy atom. The number of benzene rings is 1. The molecule has 1 aliphatic heterocycles. The first kappa shape index (κ1) is 31.2. The molecule has 0 saturated carbocycles. The highest BCUT2D eigenvalue weighted by molar-refractivity contribution is 5.91. The number of rotatable bonds is 9. The van der Waals surface area contributed by atoms with Gasteiger partial charge in [-0.1, -0.05) is 26.0 Å². The zero-order valence-corrected chi connectivity index (χ0v) is 25.1. The maximum absolute atomic E-state index is 15.4. The monoisotopic (exact) mass is 582 g/mol. The average molecular weight is 583 g/mol. The molecule has 1 aromatic carbocycles. The molecule has 0 aliphatic carbocycles. The third-order valence-corrected chi connectivity index (χ3v) is 7.43. The van der Waals surface area contributed by atoms with E-state index in [2.05, 4.69) is 28.7 Å². The van der Waals surface area contributed by atoms with E-state index >= 15 is 4.39 Å². The third kappa shape index (κ3) is 7.34. The SMILES string of the molecule is Cc1nc(N)c(-c2cnc(OCCc3cccc(F)c3)c(F)c2)c(N2CCC(C)(C)CC2)c1[C@H](OC(C)(C)C)C(=O)O. The number of anilines is 2. The number of aliphatic carboxylic acids is 1. The van der Waals surface area contributed by atoms with E-state index in [1.165, 1.54) is 24.4 Å². The summed E-state index contributed by atoms with van der Waals surface area (Å²) in [7, 11) is 0. The molecule has 0 spiro atoms. The Bertz CT molecular complexity index is 1450. The van der Waals surface area contributed by atoms with E-state index in [4.69, 9.17) is 15.2 Å². The molecule has 42 heavy (non-hydrogen) atoms. The number of hydrogen-bond acceptors (Lipinski definition) is 7. The molecule has 3 aromatic rings. The first-order valence-electron chi connectivity index (χ1n) is 14.1. The van der Waals surface area contributed by atoms with Crippen LogP contribution < -0.4 is 15.4 Å². The second-order valence-corrected chi connectivity index (χ2v) is 12.6. The van der Waals surface area contributed by atoms with Crippen molar-refractivity contribution in [3.63, 3.8) is 0 Å². The van der Waals surface area contributed by atoms with Crippen LogP contribution in [-0.2, 0) is 16.0 Å². The number of carbonyl (C=O) groups is 1. The molecule has 0 bridgehead atoms. The van der Waals surface area contributed by atoms with Crippen LogP contribution in [0.15, 0.2) is 36.5 Å². The molecule has 2 aromatic heterocycles. The highest BCUT2D eigenvalue weighted by Gasteiger charge is 2.37. The first-order chi connectivity index (χ1) is 19.6. The molecule has 0 unspecified atom stereocenters. The molecule has 1 aliphatic rings. The van der Waals surface area contributed by atoms with Crippen LogP contribution in [0.25, 0.3) is 11.1 Å². The molecule has 8 nitrogen and oxygen atoms in total. The van der Waals surface area contributed by atoms with Crippen LogP contribution in [0.5, 0.6) is 5.88 Å². The maximum atomic E-state index is 15.4. The molecular weight excluding hydrogens is 542 g/mol. The normalized spacial score (nSPS) is 15.9. The number of aryl methyl sites for hydroxylation is 1. The Morgan fingerprint density at radius 3 is 2.48 bits per heavy atom. The van der Waals surface area contributed by atoms with Crippen molar-refractivity contribution in [2.45, 2.75) is 72.5 Å². The summed E-state index contributed by atoms with van der Waals surface area (Å²) < 4.78 is 40.5. The smallest absolute Gasteiger partial charge is 0.337 e. The van der Waals surface area contributed by atoms with Gasteiger partial charge in [0.05, 0.1) is 17.9 Å². The molecule has 226 valence electrons. The van der Waals surface area contributed by atoms with E-state index in [9.17, 15) is 14.3 Å². The summed E-state index contributed by atoms with van der Waals surface area (Å²) in [6.07, 6.45) is 2.24. The zero-order valence-electron chi connectivity index (χ0n) is 25.1. The second kappa shape index (κ2) is 12.2. The molecule has 10 heteroatoms. The Morgan fingerprint density at radius 1 is 1.19 bits per heavy atom. The number of pyridine rings is 2. The maximum Gasteiger partial charge on any atom is 0.337 e. The Labute approximate surface area is 245 Å². The Kier molecular flexibility index (Phi) is 9.06. The van der Waals surface area contributed by atoms with E-state index in [-0.39, 0.29) is 29.5 Å². The van der Waals surface area contributed by atoms with Crippen LogP contribution in [0.1, 0.15) is 70.4 Å². The number of hydrogen-bond donors (Lipinski definition) is 2. The molecule has 1 atom stereocenters. The number of piperidine rings is 1. The fraction of sp³-hybridized carbons (Fsp3) is 0.469. The van der Waals surface area contributed by atoms with Gasteiger partial charge in [-0.3, -0.25) is 0 Å². The molecule has 0 amide bonds. The van der Waals surface area contributed by atoms with Crippen molar-refractivity contribution < 1.29 is 28.2 Å². The van der Waals surface area contributed by atoms with Gasteiger partial charge >= 0.3 is 5.97 Å². The van der Waals surface area contributed by atoms with Crippen LogP contribution in [0.2, 0.25) is 0 Å². The summed E-state index contributed by atoms with van der Waals surface area (Å²) in [5.41, 5.74) is 8.69. The summed E-state index contributed by atoms with van der Waals surface area (Å²) in [4.78, 5) is 23.4. The van der Waals surface area contributed by atoms with E-state index in [0.29, 0.717) is 47.6 Å². The minimum Gasteiger partial charge on any atom is -0.479 e. The van der Waals surface area contributed by atoms with Crippen molar-refractivity contribution in [1.29, 1.82) is 0 Å². The summed E-state index contributed by atoms with van der Waals surface area (Å²) >= 11 is 0. The topological polar surface area (TPSA) is 111 Å². The predicted molar refractivity (Wildman–Crippen MR) is 159 cm³/mol. The lowest BCUT2D eigenvalue weighted by Crippen LogP contribution is -2.39. The lowest BCUT2D eigenvalue weighted by atomic mass is 9.82. The fourth-order valence-electron chi connectivity index (χ4n) is 5.20. The molecule has 3 heterocycles.